The topological polar surface area (TPSA) is 13.1 Å². The monoisotopic (exact) mass is 185 g/mol. The minimum absolute atomic E-state index is 0. The van der Waals surface area contributed by atoms with E-state index in [0.29, 0.717) is 0 Å². The van der Waals surface area contributed by atoms with Crippen molar-refractivity contribution in [3.8, 4) is 0 Å². The van der Waals surface area contributed by atoms with E-state index in [0.717, 1.165) is 11.1 Å². The molecule has 0 aliphatic rings. The van der Waals surface area contributed by atoms with Gasteiger partial charge in [-0.3, -0.25) is 0 Å². The van der Waals surface area contributed by atoms with Crippen LogP contribution in [0.4, 0.5) is 0 Å². The zero-order valence-corrected chi connectivity index (χ0v) is 7.60. The Morgan fingerprint density at radius 1 is 1.31 bits per heavy atom. The molecule has 1 radical (unpaired) electrons. The molecule has 3 heteroatoms. The number of fused-ring (bicyclic) bond motifs is 1. The van der Waals surface area contributed by atoms with E-state index in [-0.39, 0.29) is 18.9 Å². The molecule has 63 valence electrons. The third-order valence-electron chi connectivity index (χ3n) is 1.76. The van der Waals surface area contributed by atoms with Crippen LogP contribution in [0.25, 0.3) is 11.0 Å². The van der Waals surface area contributed by atoms with Crippen molar-refractivity contribution in [1.82, 2.24) is 0 Å². The molecule has 0 N–H and O–H groups in total. The van der Waals surface area contributed by atoms with Gasteiger partial charge in [0.25, 0.3) is 0 Å². The van der Waals surface area contributed by atoms with Gasteiger partial charge in [0.1, 0.15) is 5.58 Å². The number of furan rings is 1. The summed E-state index contributed by atoms with van der Waals surface area (Å²) in [6.45, 7) is 0. The van der Waals surface area contributed by atoms with E-state index in [1.54, 1.807) is 18.0 Å². The van der Waals surface area contributed by atoms with Gasteiger partial charge in [0.05, 0.1) is 6.26 Å². The summed E-state index contributed by atoms with van der Waals surface area (Å²) in [5.41, 5.74) is 2.12. The normalized spacial score (nSPS) is 9.92. The molecule has 13 heavy (non-hydrogen) atoms. The van der Waals surface area contributed by atoms with Gasteiger partial charge in [-0.25, -0.2) is 0 Å². The molecule has 1 heterocycles. The van der Waals surface area contributed by atoms with Gasteiger partial charge < -0.3 is 4.42 Å². The molecule has 1 aromatic carbocycles. The standard InChI is InChI=1S/C10H9OS.Li.H/c1-12-7-8-6-11-10-5-3-2-4-9(8)10;;/h2-7H,1H3;;. The van der Waals surface area contributed by atoms with Gasteiger partial charge in [0.2, 0.25) is 0 Å². The number of hydrogen-bond acceptors (Lipinski definition) is 2. The van der Waals surface area contributed by atoms with Crippen LogP contribution in [0.2, 0.25) is 0 Å². The molecular weight excluding hydrogens is 175 g/mol. The first-order valence-corrected chi connectivity index (χ1v) is 5.03. The molecular formula is C10H10LiOS. The van der Waals surface area contributed by atoms with E-state index in [2.05, 4.69) is 11.8 Å². The Bertz CT molecular complexity index is 383. The second kappa shape index (κ2) is 4.81. The van der Waals surface area contributed by atoms with Crippen molar-refractivity contribution < 1.29 is 4.42 Å². The van der Waals surface area contributed by atoms with Gasteiger partial charge in [-0.15, -0.1) is 0 Å². The SMILES string of the molecule is CS[CH]c1coc2ccccc12.[LiH]. The number of para-hydroxylation sites is 1. The Balaban J connectivity index is 0.000000845. The van der Waals surface area contributed by atoms with Crippen molar-refractivity contribution in [1.29, 1.82) is 0 Å². The molecule has 1 nitrogen and oxygen atoms in total. The van der Waals surface area contributed by atoms with Crippen molar-refractivity contribution in [2.75, 3.05) is 6.26 Å². The average molecular weight is 185 g/mol. The van der Waals surface area contributed by atoms with Crippen LogP contribution in [0.5, 0.6) is 0 Å². The fourth-order valence-electron chi connectivity index (χ4n) is 1.22. The number of thioether (sulfide) groups is 1. The molecule has 0 unspecified atom stereocenters. The number of hydrogen-bond donors (Lipinski definition) is 0. The molecule has 0 spiro atoms. The Morgan fingerprint density at radius 3 is 2.85 bits per heavy atom. The Morgan fingerprint density at radius 2 is 2.08 bits per heavy atom. The summed E-state index contributed by atoms with van der Waals surface area (Å²) in [6, 6.07) is 8.05. The van der Waals surface area contributed by atoms with Crippen LogP contribution >= 0.6 is 11.8 Å². The quantitative estimate of drug-likeness (QED) is 0.667. The van der Waals surface area contributed by atoms with Crippen LogP contribution in [0.1, 0.15) is 5.56 Å². The summed E-state index contributed by atoms with van der Waals surface area (Å²) < 4.78 is 5.36. The van der Waals surface area contributed by atoms with E-state index in [4.69, 9.17) is 4.42 Å². The summed E-state index contributed by atoms with van der Waals surface area (Å²) in [4.78, 5) is 0. The first-order chi connectivity index (χ1) is 5.92. The molecule has 0 atom stereocenters. The molecule has 2 rings (SSSR count). The van der Waals surface area contributed by atoms with Gasteiger partial charge in [0.15, 0.2) is 0 Å². The van der Waals surface area contributed by atoms with Crippen molar-refractivity contribution in [2.45, 2.75) is 0 Å². The van der Waals surface area contributed by atoms with Crippen LogP contribution in [-0.4, -0.2) is 25.1 Å². The summed E-state index contributed by atoms with van der Waals surface area (Å²) in [5, 5.41) is 1.19. The first-order valence-electron chi connectivity index (χ1n) is 3.74. The average Bonchev–Trinajstić information content (AvgIpc) is 2.50. The van der Waals surface area contributed by atoms with E-state index in [9.17, 15) is 0 Å². The zero-order valence-electron chi connectivity index (χ0n) is 6.78. The third kappa shape index (κ3) is 2.14. The van der Waals surface area contributed by atoms with Crippen molar-refractivity contribution in [2.24, 2.45) is 0 Å². The van der Waals surface area contributed by atoms with E-state index < -0.39 is 0 Å². The molecule has 1 aromatic heterocycles. The predicted molar refractivity (Wildman–Crippen MR) is 60.3 cm³/mol. The summed E-state index contributed by atoms with van der Waals surface area (Å²) in [6.07, 6.45) is 3.84. The Kier molecular flexibility index (Phi) is 3.99. The fourth-order valence-corrected chi connectivity index (χ4v) is 1.65. The van der Waals surface area contributed by atoms with Gasteiger partial charge in [0, 0.05) is 16.7 Å². The fraction of sp³-hybridized carbons (Fsp3) is 0.100. The van der Waals surface area contributed by atoms with Crippen molar-refractivity contribution in [3.63, 3.8) is 0 Å². The van der Waals surface area contributed by atoms with Gasteiger partial charge in [-0.1, -0.05) is 18.2 Å². The first kappa shape index (κ1) is 10.8. The number of benzene rings is 1. The summed E-state index contributed by atoms with van der Waals surface area (Å²) in [5.74, 6) is 2.09. The van der Waals surface area contributed by atoms with Crippen molar-refractivity contribution >= 4 is 41.6 Å². The van der Waals surface area contributed by atoms with Crippen LogP contribution < -0.4 is 0 Å². The third-order valence-corrected chi connectivity index (χ3v) is 2.25. The van der Waals surface area contributed by atoms with Gasteiger partial charge in [-0.05, 0) is 12.3 Å². The molecule has 0 saturated carbocycles. The Hall–Kier alpha value is -0.293. The van der Waals surface area contributed by atoms with Gasteiger partial charge >= 0.3 is 18.9 Å². The molecule has 0 fully saturated rings. The Labute approximate surface area is 94.1 Å². The second-order valence-electron chi connectivity index (χ2n) is 2.54. The maximum atomic E-state index is 5.36. The molecule has 0 aliphatic carbocycles. The van der Waals surface area contributed by atoms with Crippen LogP contribution in [0.3, 0.4) is 0 Å². The number of rotatable bonds is 2. The molecule has 0 aliphatic heterocycles. The minimum atomic E-state index is 0. The molecule has 0 bridgehead atoms. The van der Waals surface area contributed by atoms with Crippen LogP contribution in [-0.2, 0) is 0 Å². The molecule has 2 aromatic rings. The van der Waals surface area contributed by atoms with Crippen LogP contribution in [0, 0.1) is 5.75 Å². The van der Waals surface area contributed by atoms with E-state index >= 15 is 0 Å². The predicted octanol–water partition coefficient (Wildman–Crippen LogP) is 2.66. The maximum absolute atomic E-state index is 5.36. The van der Waals surface area contributed by atoms with Gasteiger partial charge in [-0.2, -0.15) is 11.8 Å². The van der Waals surface area contributed by atoms with Crippen LogP contribution in [0.15, 0.2) is 34.9 Å². The molecule has 0 amide bonds. The van der Waals surface area contributed by atoms with E-state index in [1.807, 2.05) is 24.5 Å². The molecule has 0 saturated heterocycles. The summed E-state index contributed by atoms with van der Waals surface area (Å²) >= 11 is 1.69. The van der Waals surface area contributed by atoms with Crippen molar-refractivity contribution in [3.05, 3.63) is 41.8 Å². The summed E-state index contributed by atoms with van der Waals surface area (Å²) in [7, 11) is 0. The zero-order chi connectivity index (χ0) is 8.39. The second-order valence-corrected chi connectivity index (χ2v) is 3.25. The van der Waals surface area contributed by atoms with E-state index in [1.165, 1.54) is 5.39 Å².